The molecule has 0 aliphatic carbocycles. The first-order valence-electron chi connectivity index (χ1n) is 9.98. The number of carbonyl (C=O) groups excluding carboxylic acids is 2. The average Bonchev–Trinajstić information content (AvgIpc) is 2.77. The fourth-order valence-corrected chi connectivity index (χ4v) is 3.96. The number of nitrogens with one attached hydrogen (secondary N) is 1. The van der Waals surface area contributed by atoms with Gasteiger partial charge in [-0.05, 0) is 54.4 Å². The van der Waals surface area contributed by atoms with Gasteiger partial charge in [0.25, 0.3) is 5.91 Å². The molecule has 7 heteroatoms. The van der Waals surface area contributed by atoms with Gasteiger partial charge in [0.15, 0.2) is 0 Å². The van der Waals surface area contributed by atoms with E-state index < -0.39 is 0 Å². The highest BCUT2D eigenvalue weighted by Gasteiger charge is 2.27. The number of rotatable bonds is 5. The highest BCUT2D eigenvalue weighted by atomic mass is 35.5. The molecule has 1 heterocycles. The first-order valence-corrected chi connectivity index (χ1v) is 10.7. The van der Waals surface area contributed by atoms with E-state index in [0.29, 0.717) is 46.6 Å². The molecule has 0 atom stereocenters. The highest BCUT2D eigenvalue weighted by molar-refractivity contribution is 6.34. The Morgan fingerprint density at radius 3 is 2.52 bits per heavy atom. The number of halogens is 2. The number of carbonyl (C=O) groups is 2. The summed E-state index contributed by atoms with van der Waals surface area (Å²) in [6.45, 7) is 1.76. The van der Waals surface area contributed by atoms with Crippen molar-refractivity contribution in [1.29, 1.82) is 0 Å². The second-order valence-electron chi connectivity index (χ2n) is 7.32. The third-order valence-electron chi connectivity index (χ3n) is 5.12. The predicted molar refractivity (Wildman–Crippen MR) is 125 cm³/mol. The molecule has 4 rings (SSSR count). The number of anilines is 2. The van der Waals surface area contributed by atoms with Gasteiger partial charge in [-0.2, -0.15) is 0 Å². The Labute approximate surface area is 191 Å². The summed E-state index contributed by atoms with van der Waals surface area (Å²) in [4.78, 5) is 29.2. The molecule has 31 heavy (non-hydrogen) atoms. The molecule has 0 radical (unpaired) electrons. The van der Waals surface area contributed by atoms with Crippen LogP contribution in [0.4, 0.5) is 16.2 Å². The highest BCUT2D eigenvalue weighted by Crippen LogP contribution is 2.30. The fraction of sp³-hybridized carbons (Fsp3) is 0.167. The zero-order valence-corrected chi connectivity index (χ0v) is 18.2. The molecule has 1 saturated heterocycles. The SMILES string of the molecule is O=C(Nc1cc(N2CCCN(Cc3cccc(Cl)c3)C2=O)ccc1Cl)c1ccccc1. The Balaban J connectivity index is 1.52. The van der Waals surface area contributed by atoms with Crippen molar-refractivity contribution in [3.8, 4) is 0 Å². The van der Waals surface area contributed by atoms with Gasteiger partial charge in [0, 0.05) is 35.9 Å². The summed E-state index contributed by atoms with van der Waals surface area (Å²) in [5.74, 6) is -0.257. The lowest BCUT2D eigenvalue weighted by atomic mass is 10.1. The molecular formula is C24H21Cl2N3O2. The summed E-state index contributed by atoms with van der Waals surface area (Å²) in [6.07, 6.45) is 0.834. The van der Waals surface area contributed by atoms with E-state index >= 15 is 0 Å². The zero-order chi connectivity index (χ0) is 21.8. The molecule has 3 amide bonds. The van der Waals surface area contributed by atoms with Crippen LogP contribution in [-0.4, -0.2) is 29.9 Å². The van der Waals surface area contributed by atoms with Crippen LogP contribution in [0.2, 0.25) is 10.0 Å². The quantitative estimate of drug-likeness (QED) is 0.508. The van der Waals surface area contributed by atoms with Crippen molar-refractivity contribution >= 4 is 46.5 Å². The minimum absolute atomic E-state index is 0.0890. The Hall–Kier alpha value is -3.02. The number of amides is 3. The molecule has 1 aliphatic heterocycles. The summed E-state index contributed by atoms with van der Waals surface area (Å²) in [5.41, 5.74) is 2.67. The van der Waals surface area contributed by atoms with Crippen molar-refractivity contribution in [2.45, 2.75) is 13.0 Å². The van der Waals surface area contributed by atoms with Crippen LogP contribution in [0.25, 0.3) is 0 Å². The first-order chi connectivity index (χ1) is 15.0. The number of benzene rings is 3. The Bertz CT molecular complexity index is 1100. The third kappa shape index (κ3) is 5.01. The molecule has 1 fully saturated rings. The van der Waals surface area contributed by atoms with E-state index in [9.17, 15) is 9.59 Å². The maximum absolute atomic E-state index is 13.2. The molecule has 0 saturated carbocycles. The van der Waals surface area contributed by atoms with Crippen LogP contribution in [0, 0.1) is 0 Å². The molecule has 158 valence electrons. The maximum Gasteiger partial charge on any atom is 0.324 e. The van der Waals surface area contributed by atoms with Gasteiger partial charge in [0.05, 0.1) is 10.7 Å². The van der Waals surface area contributed by atoms with Gasteiger partial charge in [-0.25, -0.2) is 4.79 Å². The van der Waals surface area contributed by atoms with Gasteiger partial charge in [-0.3, -0.25) is 9.69 Å². The van der Waals surface area contributed by atoms with Crippen molar-refractivity contribution in [1.82, 2.24) is 4.90 Å². The molecular weight excluding hydrogens is 433 g/mol. The Morgan fingerprint density at radius 2 is 1.74 bits per heavy atom. The molecule has 0 unspecified atom stereocenters. The molecule has 0 spiro atoms. The van der Waals surface area contributed by atoms with E-state index in [0.717, 1.165) is 12.0 Å². The molecule has 1 aliphatic rings. The smallest absolute Gasteiger partial charge is 0.321 e. The van der Waals surface area contributed by atoms with E-state index in [2.05, 4.69) is 5.32 Å². The summed E-state index contributed by atoms with van der Waals surface area (Å²) < 4.78 is 0. The summed E-state index contributed by atoms with van der Waals surface area (Å²) in [5, 5.41) is 3.90. The lowest BCUT2D eigenvalue weighted by Crippen LogP contribution is -2.49. The van der Waals surface area contributed by atoms with Gasteiger partial charge in [0.1, 0.15) is 0 Å². The predicted octanol–water partition coefficient (Wildman–Crippen LogP) is 6.08. The van der Waals surface area contributed by atoms with Crippen molar-refractivity contribution in [3.63, 3.8) is 0 Å². The van der Waals surface area contributed by atoms with Gasteiger partial charge in [-0.1, -0.05) is 53.5 Å². The van der Waals surface area contributed by atoms with Crippen LogP contribution in [0.1, 0.15) is 22.3 Å². The summed E-state index contributed by atoms with van der Waals surface area (Å²) >= 11 is 12.4. The summed E-state index contributed by atoms with van der Waals surface area (Å²) in [6, 6.07) is 21.6. The topological polar surface area (TPSA) is 52.7 Å². The number of urea groups is 1. The van der Waals surface area contributed by atoms with E-state index in [1.165, 1.54) is 0 Å². The van der Waals surface area contributed by atoms with Gasteiger partial charge < -0.3 is 10.2 Å². The van der Waals surface area contributed by atoms with Crippen LogP contribution in [0.5, 0.6) is 0 Å². The largest absolute Gasteiger partial charge is 0.324 e. The maximum atomic E-state index is 13.2. The van der Waals surface area contributed by atoms with Crippen molar-refractivity contribution in [3.05, 3.63) is 94.0 Å². The van der Waals surface area contributed by atoms with E-state index in [1.807, 2.05) is 30.3 Å². The monoisotopic (exact) mass is 453 g/mol. The van der Waals surface area contributed by atoms with Crippen LogP contribution >= 0.6 is 23.2 Å². The zero-order valence-electron chi connectivity index (χ0n) is 16.7. The second-order valence-corrected chi connectivity index (χ2v) is 8.17. The first kappa shape index (κ1) is 21.2. The van der Waals surface area contributed by atoms with E-state index in [4.69, 9.17) is 23.2 Å². The Kier molecular flexibility index (Phi) is 6.44. The standard InChI is InChI=1S/C24H21Cl2N3O2/c25-19-9-4-6-17(14-19)16-28-12-5-13-29(24(28)31)20-10-11-21(26)22(15-20)27-23(30)18-7-2-1-3-8-18/h1-4,6-11,14-15H,5,12-13,16H2,(H,27,30). The van der Waals surface area contributed by atoms with Crippen molar-refractivity contribution in [2.75, 3.05) is 23.3 Å². The lowest BCUT2D eigenvalue weighted by molar-refractivity contribution is 0.102. The normalized spacial score (nSPS) is 13.9. The lowest BCUT2D eigenvalue weighted by Gasteiger charge is -2.36. The van der Waals surface area contributed by atoms with Crippen molar-refractivity contribution < 1.29 is 9.59 Å². The van der Waals surface area contributed by atoms with Crippen LogP contribution < -0.4 is 10.2 Å². The minimum Gasteiger partial charge on any atom is -0.321 e. The number of nitrogens with zero attached hydrogens (tertiary/aromatic N) is 2. The van der Waals surface area contributed by atoms with Crippen LogP contribution in [-0.2, 0) is 6.54 Å². The van der Waals surface area contributed by atoms with Crippen molar-refractivity contribution in [2.24, 2.45) is 0 Å². The minimum atomic E-state index is -0.257. The number of hydrogen-bond acceptors (Lipinski definition) is 2. The Morgan fingerprint density at radius 1 is 0.935 bits per heavy atom. The van der Waals surface area contributed by atoms with Gasteiger partial charge in [-0.15, -0.1) is 0 Å². The van der Waals surface area contributed by atoms with Crippen LogP contribution in [0.15, 0.2) is 72.8 Å². The molecule has 3 aromatic rings. The van der Waals surface area contributed by atoms with Gasteiger partial charge >= 0.3 is 6.03 Å². The molecule has 0 aromatic heterocycles. The molecule has 5 nitrogen and oxygen atoms in total. The molecule has 1 N–H and O–H groups in total. The second kappa shape index (κ2) is 9.41. The molecule has 3 aromatic carbocycles. The van der Waals surface area contributed by atoms with E-state index in [1.54, 1.807) is 52.3 Å². The fourth-order valence-electron chi connectivity index (χ4n) is 3.58. The molecule has 0 bridgehead atoms. The average molecular weight is 454 g/mol. The summed E-state index contributed by atoms with van der Waals surface area (Å²) in [7, 11) is 0. The van der Waals surface area contributed by atoms with E-state index in [-0.39, 0.29) is 11.9 Å². The van der Waals surface area contributed by atoms with Crippen LogP contribution in [0.3, 0.4) is 0 Å². The number of hydrogen-bond donors (Lipinski definition) is 1. The third-order valence-corrected chi connectivity index (χ3v) is 5.68. The van der Waals surface area contributed by atoms with Gasteiger partial charge in [0.2, 0.25) is 0 Å².